The number of methoxy groups -OCH3 is 1. The Morgan fingerprint density at radius 3 is 2.50 bits per heavy atom. The summed E-state index contributed by atoms with van der Waals surface area (Å²) in [6.45, 7) is 0.740. The molecule has 0 heterocycles. The van der Waals surface area contributed by atoms with Gasteiger partial charge in [0.1, 0.15) is 5.75 Å². The highest BCUT2D eigenvalue weighted by molar-refractivity contribution is 14.1. The maximum absolute atomic E-state index is 6.16. The van der Waals surface area contributed by atoms with Crippen LogP contribution in [0.5, 0.6) is 5.75 Å². The molecule has 2 nitrogen and oxygen atoms in total. The Bertz CT molecular complexity index is 528. The van der Waals surface area contributed by atoms with Gasteiger partial charge in [0.25, 0.3) is 0 Å². The molecule has 0 spiro atoms. The summed E-state index contributed by atoms with van der Waals surface area (Å²) in [6.07, 6.45) is 0. The van der Waals surface area contributed by atoms with Crippen LogP contribution in [0, 0.1) is 3.57 Å². The number of nitrogens with one attached hydrogen (secondary N) is 1. The molecular formula is C14H13ClINO. The van der Waals surface area contributed by atoms with E-state index < -0.39 is 0 Å². The summed E-state index contributed by atoms with van der Waals surface area (Å²) in [7, 11) is 1.67. The van der Waals surface area contributed by atoms with Crippen molar-refractivity contribution in [2.75, 3.05) is 12.4 Å². The summed E-state index contributed by atoms with van der Waals surface area (Å²) < 4.78 is 6.25. The fourth-order valence-electron chi connectivity index (χ4n) is 1.57. The Kier molecular flexibility index (Phi) is 4.72. The number of hydrogen-bond donors (Lipinski definition) is 1. The second kappa shape index (κ2) is 6.29. The number of benzene rings is 2. The van der Waals surface area contributed by atoms with E-state index in [1.807, 2.05) is 42.5 Å². The van der Waals surface area contributed by atoms with Gasteiger partial charge < -0.3 is 10.1 Å². The molecule has 0 aliphatic carbocycles. The summed E-state index contributed by atoms with van der Waals surface area (Å²) in [6, 6.07) is 13.9. The SMILES string of the molecule is COc1ccc(CNc2ccc(I)cc2Cl)cc1. The van der Waals surface area contributed by atoms with E-state index in [-0.39, 0.29) is 0 Å². The van der Waals surface area contributed by atoms with E-state index in [0.29, 0.717) is 0 Å². The predicted molar refractivity (Wildman–Crippen MR) is 84.5 cm³/mol. The van der Waals surface area contributed by atoms with Crippen molar-refractivity contribution in [2.24, 2.45) is 0 Å². The topological polar surface area (TPSA) is 21.3 Å². The van der Waals surface area contributed by atoms with Crippen LogP contribution in [0.4, 0.5) is 5.69 Å². The van der Waals surface area contributed by atoms with Gasteiger partial charge in [-0.15, -0.1) is 0 Å². The Balaban J connectivity index is 2.02. The fraction of sp³-hybridized carbons (Fsp3) is 0.143. The lowest BCUT2D eigenvalue weighted by atomic mass is 10.2. The van der Waals surface area contributed by atoms with Gasteiger partial charge in [-0.3, -0.25) is 0 Å². The quantitative estimate of drug-likeness (QED) is 0.793. The van der Waals surface area contributed by atoms with Crippen LogP contribution in [0.15, 0.2) is 42.5 Å². The highest BCUT2D eigenvalue weighted by atomic mass is 127. The zero-order valence-electron chi connectivity index (χ0n) is 9.91. The molecule has 0 saturated carbocycles. The van der Waals surface area contributed by atoms with Crippen LogP contribution in [0.3, 0.4) is 0 Å². The van der Waals surface area contributed by atoms with Crippen molar-refractivity contribution in [3.8, 4) is 5.75 Å². The largest absolute Gasteiger partial charge is 0.497 e. The van der Waals surface area contributed by atoms with Gasteiger partial charge in [0.05, 0.1) is 17.8 Å². The van der Waals surface area contributed by atoms with Crippen LogP contribution in [0.25, 0.3) is 0 Å². The Morgan fingerprint density at radius 2 is 1.89 bits per heavy atom. The highest BCUT2D eigenvalue weighted by Crippen LogP contribution is 2.24. The Labute approximate surface area is 125 Å². The highest BCUT2D eigenvalue weighted by Gasteiger charge is 2.01. The maximum atomic E-state index is 6.16. The Hall–Kier alpha value is -0.940. The lowest BCUT2D eigenvalue weighted by Crippen LogP contribution is -2.00. The van der Waals surface area contributed by atoms with Crippen LogP contribution in [0.2, 0.25) is 5.02 Å². The van der Waals surface area contributed by atoms with Crippen LogP contribution in [0.1, 0.15) is 5.56 Å². The van der Waals surface area contributed by atoms with Crippen LogP contribution < -0.4 is 10.1 Å². The predicted octanol–water partition coefficient (Wildman–Crippen LogP) is 4.57. The molecule has 0 atom stereocenters. The molecule has 0 aromatic heterocycles. The van der Waals surface area contributed by atoms with Crippen molar-refractivity contribution >= 4 is 39.9 Å². The third kappa shape index (κ3) is 3.53. The molecule has 1 N–H and O–H groups in total. The first-order valence-electron chi connectivity index (χ1n) is 5.51. The van der Waals surface area contributed by atoms with Gasteiger partial charge in [-0.05, 0) is 58.5 Å². The van der Waals surface area contributed by atoms with E-state index in [1.165, 1.54) is 5.56 Å². The number of anilines is 1. The molecule has 2 rings (SSSR count). The van der Waals surface area contributed by atoms with Crippen LogP contribution in [-0.4, -0.2) is 7.11 Å². The molecule has 2 aromatic carbocycles. The molecule has 0 bridgehead atoms. The Morgan fingerprint density at radius 1 is 1.17 bits per heavy atom. The fourth-order valence-corrected chi connectivity index (χ4v) is 2.50. The summed E-state index contributed by atoms with van der Waals surface area (Å²) in [5.41, 5.74) is 2.14. The summed E-state index contributed by atoms with van der Waals surface area (Å²) in [5, 5.41) is 4.06. The maximum Gasteiger partial charge on any atom is 0.118 e. The van der Waals surface area contributed by atoms with E-state index in [4.69, 9.17) is 16.3 Å². The van der Waals surface area contributed by atoms with E-state index in [0.717, 1.165) is 26.6 Å². The van der Waals surface area contributed by atoms with E-state index in [1.54, 1.807) is 7.11 Å². The molecule has 2 aromatic rings. The number of rotatable bonds is 4. The lowest BCUT2D eigenvalue weighted by molar-refractivity contribution is 0.414. The second-order valence-corrected chi connectivity index (χ2v) is 5.48. The van der Waals surface area contributed by atoms with E-state index in [2.05, 4.69) is 27.9 Å². The zero-order chi connectivity index (χ0) is 13.0. The van der Waals surface area contributed by atoms with Gasteiger partial charge in [0, 0.05) is 10.1 Å². The van der Waals surface area contributed by atoms with Crippen molar-refractivity contribution in [3.05, 3.63) is 56.6 Å². The van der Waals surface area contributed by atoms with E-state index >= 15 is 0 Å². The van der Waals surface area contributed by atoms with E-state index in [9.17, 15) is 0 Å². The molecule has 0 aliphatic heterocycles. The second-order valence-electron chi connectivity index (χ2n) is 3.83. The molecule has 0 fully saturated rings. The first-order valence-corrected chi connectivity index (χ1v) is 6.96. The summed E-state index contributed by atoms with van der Waals surface area (Å²) in [4.78, 5) is 0. The number of hydrogen-bond acceptors (Lipinski definition) is 2. The van der Waals surface area contributed by atoms with Crippen molar-refractivity contribution in [2.45, 2.75) is 6.54 Å². The van der Waals surface area contributed by atoms with Gasteiger partial charge >= 0.3 is 0 Å². The molecule has 0 unspecified atom stereocenters. The van der Waals surface area contributed by atoms with Gasteiger partial charge in [0.2, 0.25) is 0 Å². The minimum Gasteiger partial charge on any atom is -0.497 e. The average Bonchev–Trinajstić information content (AvgIpc) is 2.38. The third-order valence-corrected chi connectivity index (χ3v) is 3.56. The molecule has 0 saturated heterocycles. The summed E-state index contributed by atoms with van der Waals surface area (Å²) in [5.74, 6) is 0.867. The monoisotopic (exact) mass is 373 g/mol. The van der Waals surface area contributed by atoms with Crippen LogP contribution >= 0.6 is 34.2 Å². The number of halogens is 2. The first kappa shape index (κ1) is 13.5. The molecule has 0 aliphatic rings. The van der Waals surface area contributed by atoms with Gasteiger partial charge in [-0.1, -0.05) is 23.7 Å². The molecule has 0 amide bonds. The standard InChI is InChI=1S/C14H13ClINO/c1-18-12-5-2-10(3-6-12)9-17-14-7-4-11(16)8-13(14)15/h2-8,17H,9H2,1H3. The molecule has 0 radical (unpaired) electrons. The van der Waals surface area contributed by atoms with Crippen molar-refractivity contribution in [1.82, 2.24) is 0 Å². The zero-order valence-corrected chi connectivity index (χ0v) is 12.8. The lowest BCUT2D eigenvalue weighted by Gasteiger charge is -2.09. The molecule has 4 heteroatoms. The molecule has 18 heavy (non-hydrogen) atoms. The minimum atomic E-state index is 0.740. The van der Waals surface area contributed by atoms with Crippen molar-refractivity contribution in [1.29, 1.82) is 0 Å². The summed E-state index contributed by atoms with van der Waals surface area (Å²) >= 11 is 8.40. The normalized spacial score (nSPS) is 10.2. The van der Waals surface area contributed by atoms with Gasteiger partial charge in [0.15, 0.2) is 0 Å². The molecular weight excluding hydrogens is 361 g/mol. The smallest absolute Gasteiger partial charge is 0.118 e. The van der Waals surface area contributed by atoms with Gasteiger partial charge in [-0.2, -0.15) is 0 Å². The first-order chi connectivity index (χ1) is 8.69. The third-order valence-electron chi connectivity index (χ3n) is 2.57. The van der Waals surface area contributed by atoms with Crippen molar-refractivity contribution in [3.63, 3.8) is 0 Å². The molecule has 94 valence electrons. The van der Waals surface area contributed by atoms with Crippen LogP contribution in [-0.2, 0) is 6.54 Å². The number of ether oxygens (including phenoxy) is 1. The average molecular weight is 374 g/mol. The van der Waals surface area contributed by atoms with Gasteiger partial charge in [-0.25, -0.2) is 0 Å². The minimum absolute atomic E-state index is 0.740. The van der Waals surface area contributed by atoms with Crippen molar-refractivity contribution < 1.29 is 4.74 Å².